The van der Waals surface area contributed by atoms with E-state index in [1.165, 1.54) is 0 Å². The molecular formula is C14H11N3O. The molecule has 3 heterocycles. The third-order valence-electron chi connectivity index (χ3n) is 3.81. The lowest BCUT2D eigenvalue weighted by molar-refractivity contribution is -0.117. The maximum Gasteiger partial charge on any atom is 0.235 e. The first-order valence-corrected chi connectivity index (χ1v) is 6.02. The van der Waals surface area contributed by atoms with E-state index in [1.54, 1.807) is 12.4 Å². The van der Waals surface area contributed by atoms with Crippen molar-refractivity contribution in [1.82, 2.24) is 9.97 Å². The second-order valence-electron chi connectivity index (χ2n) is 4.89. The van der Waals surface area contributed by atoms with E-state index in [4.69, 9.17) is 0 Å². The topological polar surface area (TPSA) is 54.9 Å². The quantitative estimate of drug-likeness (QED) is 0.826. The second-order valence-corrected chi connectivity index (χ2v) is 4.89. The maximum atomic E-state index is 11.9. The number of rotatable bonds is 1. The van der Waals surface area contributed by atoms with Gasteiger partial charge in [0.1, 0.15) is 0 Å². The van der Waals surface area contributed by atoms with Gasteiger partial charge in [0, 0.05) is 35.4 Å². The number of hydrogen-bond donors (Lipinski definition) is 1. The molecule has 0 saturated heterocycles. The van der Waals surface area contributed by atoms with Crippen LogP contribution in [0.3, 0.4) is 0 Å². The Balaban J connectivity index is 1.83. The monoisotopic (exact) mass is 237 g/mol. The molecule has 88 valence electrons. The van der Waals surface area contributed by atoms with E-state index in [1.807, 2.05) is 24.4 Å². The lowest BCUT2D eigenvalue weighted by Crippen LogP contribution is -2.18. The molecule has 0 unspecified atom stereocenters. The summed E-state index contributed by atoms with van der Waals surface area (Å²) in [6, 6.07) is 5.79. The summed E-state index contributed by atoms with van der Waals surface area (Å²) in [5.74, 6) is 0.127. The molecule has 4 nitrogen and oxygen atoms in total. The largest absolute Gasteiger partial charge is 0.325 e. The van der Waals surface area contributed by atoms with Gasteiger partial charge in [0.05, 0.1) is 11.1 Å². The first kappa shape index (κ1) is 9.76. The van der Waals surface area contributed by atoms with Crippen molar-refractivity contribution in [2.45, 2.75) is 18.3 Å². The van der Waals surface area contributed by atoms with Gasteiger partial charge >= 0.3 is 0 Å². The molecule has 0 bridgehead atoms. The first-order valence-electron chi connectivity index (χ1n) is 6.02. The third-order valence-corrected chi connectivity index (χ3v) is 3.81. The molecule has 1 aliphatic carbocycles. The van der Waals surface area contributed by atoms with Crippen LogP contribution in [0.15, 0.2) is 36.8 Å². The minimum absolute atomic E-state index is 0.127. The van der Waals surface area contributed by atoms with E-state index in [0.29, 0.717) is 0 Å². The van der Waals surface area contributed by atoms with Gasteiger partial charge in [-0.25, -0.2) is 0 Å². The van der Waals surface area contributed by atoms with Crippen LogP contribution in [0.2, 0.25) is 0 Å². The van der Waals surface area contributed by atoms with Gasteiger partial charge in [0.2, 0.25) is 5.91 Å². The number of nitrogens with zero attached hydrogens (tertiary/aromatic N) is 2. The minimum atomic E-state index is -0.254. The van der Waals surface area contributed by atoms with Crippen molar-refractivity contribution in [2.75, 3.05) is 5.32 Å². The van der Waals surface area contributed by atoms with Gasteiger partial charge in [-0.2, -0.15) is 0 Å². The third kappa shape index (κ3) is 1.17. The van der Waals surface area contributed by atoms with Crippen molar-refractivity contribution in [3.8, 4) is 11.3 Å². The van der Waals surface area contributed by atoms with Crippen LogP contribution in [0.5, 0.6) is 0 Å². The predicted molar refractivity (Wildman–Crippen MR) is 67.0 cm³/mol. The van der Waals surface area contributed by atoms with Crippen LogP contribution in [0.25, 0.3) is 11.3 Å². The Bertz CT molecular complexity index is 647. The van der Waals surface area contributed by atoms with Crippen molar-refractivity contribution in [1.29, 1.82) is 0 Å². The number of nitrogens with one attached hydrogen (secondary N) is 1. The van der Waals surface area contributed by atoms with Crippen LogP contribution in [0.4, 0.5) is 5.69 Å². The zero-order valence-corrected chi connectivity index (χ0v) is 9.68. The fraction of sp³-hybridized carbons (Fsp3) is 0.214. The molecule has 1 amide bonds. The number of aromatic nitrogens is 2. The number of carbonyl (C=O) groups excluding carboxylic acids is 1. The molecule has 1 fully saturated rings. The molecule has 18 heavy (non-hydrogen) atoms. The van der Waals surface area contributed by atoms with Crippen LogP contribution in [-0.4, -0.2) is 15.9 Å². The highest BCUT2D eigenvalue weighted by Crippen LogP contribution is 2.55. The van der Waals surface area contributed by atoms with Crippen LogP contribution in [0.1, 0.15) is 18.4 Å². The van der Waals surface area contributed by atoms with E-state index < -0.39 is 0 Å². The maximum absolute atomic E-state index is 11.9. The van der Waals surface area contributed by atoms with Gasteiger partial charge in [-0.3, -0.25) is 14.8 Å². The van der Waals surface area contributed by atoms with Gasteiger partial charge in [0.15, 0.2) is 0 Å². The number of anilines is 1. The average Bonchev–Trinajstić information content (AvgIpc) is 3.16. The van der Waals surface area contributed by atoms with Crippen molar-refractivity contribution in [3.05, 3.63) is 42.4 Å². The summed E-state index contributed by atoms with van der Waals surface area (Å²) < 4.78 is 0. The van der Waals surface area contributed by atoms with E-state index in [9.17, 15) is 4.79 Å². The number of amides is 1. The number of hydrogen-bond acceptors (Lipinski definition) is 3. The number of fused-ring (bicyclic) bond motifs is 2. The van der Waals surface area contributed by atoms with Crippen molar-refractivity contribution >= 4 is 11.6 Å². The fourth-order valence-corrected chi connectivity index (χ4v) is 2.60. The SMILES string of the molecule is O=C1Nc2cc(-c3cccnc3)ncc2C12CC2. The van der Waals surface area contributed by atoms with Gasteiger partial charge < -0.3 is 5.32 Å². The highest BCUT2D eigenvalue weighted by atomic mass is 16.2. The van der Waals surface area contributed by atoms with E-state index >= 15 is 0 Å². The smallest absolute Gasteiger partial charge is 0.235 e. The van der Waals surface area contributed by atoms with Gasteiger partial charge in [-0.05, 0) is 31.0 Å². The summed E-state index contributed by atoms with van der Waals surface area (Å²) >= 11 is 0. The molecule has 0 atom stereocenters. The summed E-state index contributed by atoms with van der Waals surface area (Å²) in [7, 11) is 0. The zero-order chi connectivity index (χ0) is 12.2. The summed E-state index contributed by atoms with van der Waals surface area (Å²) in [5, 5.41) is 2.96. The minimum Gasteiger partial charge on any atom is -0.325 e. The second kappa shape index (κ2) is 3.16. The molecule has 2 aromatic rings. The Morgan fingerprint density at radius 3 is 2.89 bits per heavy atom. The summed E-state index contributed by atoms with van der Waals surface area (Å²) in [6.07, 6.45) is 7.23. The number of carbonyl (C=O) groups is 1. The van der Waals surface area contributed by atoms with Gasteiger partial charge in [-0.15, -0.1) is 0 Å². The molecule has 1 N–H and O–H groups in total. The van der Waals surface area contributed by atoms with Gasteiger partial charge in [-0.1, -0.05) is 0 Å². The molecule has 4 heteroatoms. The average molecular weight is 237 g/mol. The Morgan fingerprint density at radius 2 is 2.17 bits per heavy atom. The Kier molecular flexibility index (Phi) is 1.71. The van der Waals surface area contributed by atoms with E-state index in [-0.39, 0.29) is 11.3 Å². The summed E-state index contributed by atoms with van der Waals surface area (Å²) in [5.41, 5.74) is 3.52. The van der Waals surface area contributed by atoms with Crippen molar-refractivity contribution in [3.63, 3.8) is 0 Å². The Hall–Kier alpha value is -2.23. The van der Waals surface area contributed by atoms with Crippen molar-refractivity contribution in [2.24, 2.45) is 0 Å². The molecule has 4 rings (SSSR count). The predicted octanol–water partition coefficient (Wildman–Crippen LogP) is 2.13. The van der Waals surface area contributed by atoms with Crippen molar-refractivity contribution < 1.29 is 4.79 Å². The summed E-state index contributed by atoms with van der Waals surface area (Å²) in [4.78, 5) is 20.5. The number of pyridine rings is 2. The van der Waals surface area contributed by atoms with Crippen LogP contribution >= 0.6 is 0 Å². The highest BCUT2D eigenvalue weighted by molar-refractivity contribution is 6.08. The molecule has 0 radical (unpaired) electrons. The molecule has 0 aromatic carbocycles. The zero-order valence-electron chi connectivity index (χ0n) is 9.68. The molecule has 2 aromatic heterocycles. The molecule has 2 aliphatic rings. The molecule has 1 spiro atoms. The van der Waals surface area contributed by atoms with E-state index in [0.717, 1.165) is 35.3 Å². The highest BCUT2D eigenvalue weighted by Gasteiger charge is 2.56. The van der Waals surface area contributed by atoms with E-state index in [2.05, 4.69) is 15.3 Å². The normalized spacial score (nSPS) is 18.6. The lowest BCUT2D eigenvalue weighted by Gasteiger charge is -2.05. The lowest BCUT2D eigenvalue weighted by atomic mass is 9.99. The first-order chi connectivity index (χ1) is 8.79. The molecule has 1 aliphatic heterocycles. The molecular weight excluding hydrogens is 226 g/mol. The standard InChI is InChI=1S/C14H11N3O/c18-13-14(3-4-14)10-8-16-11(6-12(10)17-13)9-2-1-5-15-7-9/h1-2,5-8H,3-4H2,(H,17,18). The Morgan fingerprint density at radius 1 is 1.28 bits per heavy atom. The van der Waals surface area contributed by atoms with Crippen LogP contribution in [0, 0.1) is 0 Å². The molecule has 1 saturated carbocycles. The fourth-order valence-electron chi connectivity index (χ4n) is 2.60. The van der Waals surface area contributed by atoms with Gasteiger partial charge in [0.25, 0.3) is 0 Å². The van der Waals surface area contributed by atoms with Crippen LogP contribution < -0.4 is 5.32 Å². The Labute approximate surface area is 104 Å². The summed E-state index contributed by atoms with van der Waals surface area (Å²) in [6.45, 7) is 0. The van der Waals surface area contributed by atoms with Crippen LogP contribution in [-0.2, 0) is 10.2 Å².